The summed E-state index contributed by atoms with van der Waals surface area (Å²) in [5, 5.41) is 11.4. The molecule has 0 aliphatic carbocycles. The van der Waals surface area contributed by atoms with Crippen LogP contribution in [0.15, 0.2) is 35.2 Å². The van der Waals surface area contributed by atoms with E-state index in [1.165, 1.54) is 39.9 Å². The molecule has 1 aromatic heterocycles. The molecule has 1 amide bonds. The second-order valence-electron chi connectivity index (χ2n) is 8.69. The molecular weight excluding hydrogens is 470 g/mol. The first-order chi connectivity index (χ1) is 15.6. The molecule has 1 unspecified atom stereocenters. The summed E-state index contributed by atoms with van der Waals surface area (Å²) in [6.45, 7) is 4.51. The zero-order valence-electron chi connectivity index (χ0n) is 18.3. The van der Waals surface area contributed by atoms with Crippen molar-refractivity contribution in [2.75, 3.05) is 13.2 Å². The highest BCUT2D eigenvalue weighted by Crippen LogP contribution is 2.41. The number of rotatable bonds is 6. The van der Waals surface area contributed by atoms with Gasteiger partial charge in [-0.1, -0.05) is 26.0 Å². The van der Waals surface area contributed by atoms with E-state index in [9.17, 15) is 23.3 Å². The van der Waals surface area contributed by atoms with Crippen LogP contribution in [0.2, 0.25) is 0 Å². The fraction of sp³-hybridized carbons (Fsp3) is 0.476. The highest BCUT2D eigenvalue weighted by Gasteiger charge is 2.41. The molecule has 1 fully saturated rings. The first-order valence-electron chi connectivity index (χ1n) is 10.5. The zero-order valence-corrected chi connectivity index (χ0v) is 19.9. The van der Waals surface area contributed by atoms with Gasteiger partial charge in [0.25, 0.3) is 11.6 Å². The van der Waals surface area contributed by atoms with E-state index in [0.717, 1.165) is 17.7 Å². The van der Waals surface area contributed by atoms with E-state index in [1.54, 1.807) is 6.07 Å². The third-order valence-corrected chi connectivity index (χ3v) is 9.05. The maximum absolute atomic E-state index is 13.3. The predicted molar refractivity (Wildman–Crippen MR) is 120 cm³/mol. The van der Waals surface area contributed by atoms with Crippen LogP contribution in [-0.2, 0) is 31.6 Å². The predicted octanol–water partition coefficient (Wildman–Crippen LogP) is 3.33. The number of thiophene rings is 1. The molecule has 0 saturated carbocycles. The third-order valence-electron chi connectivity index (χ3n) is 5.67. The maximum atomic E-state index is 13.3. The summed E-state index contributed by atoms with van der Waals surface area (Å²) in [6, 6.07) is 6.97. The maximum Gasteiger partial charge on any atom is 0.289 e. The van der Waals surface area contributed by atoms with Gasteiger partial charge < -0.3 is 4.74 Å². The summed E-state index contributed by atoms with van der Waals surface area (Å²) >= 11 is 1.29. The Labute approximate surface area is 195 Å². The molecule has 178 valence electrons. The Balaban J connectivity index is 1.57. The Hall–Kier alpha value is -2.38. The fourth-order valence-corrected chi connectivity index (χ4v) is 6.99. The van der Waals surface area contributed by atoms with Crippen LogP contribution >= 0.6 is 11.3 Å². The lowest BCUT2D eigenvalue weighted by atomic mass is 9.86. The SMILES string of the molecule is CC1(C)CN(S(=O)(=O)c2ccccc2[N+](=O)[O-])Cc2cc(C(=O)NOC3CCCCO3)sc21. The highest BCUT2D eigenvalue weighted by atomic mass is 32.2. The lowest BCUT2D eigenvalue weighted by Gasteiger charge is -2.37. The standard InChI is InChI=1S/C21H25N3O7S2/c1-21(2)13-23(33(28,29)17-8-4-3-7-15(17)24(26)27)12-14-11-16(32-19(14)21)20(25)22-31-18-9-5-6-10-30-18/h3-4,7-8,11,18H,5-6,9-10,12-13H2,1-2H3,(H,22,25). The van der Waals surface area contributed by atoms with Gasteiger partial charge in [0, 0.05) is 42.5 Å². The number of benzene rings is 1. The Kier molecular flexibility index (Phi) is 6.56. The van der Waals surface area contributed by atoms with Crippen LogP contribution in [0.3, 0.4) is 0 Å². The largest absolute Gasteiger partial charge is 0.350 e. The van der Waals surface area contributed by atoms with Crippen molar-refractivity contribution in [1.29, 1.82) is 0 Å². The van der Waals surface area contributed by atoms with Gasteiger partial charge >= 0.3 is 0 Å². The smallest absolute Gasteiger partial charge is 0.289 e. The van der Waals surface area contributed by atoms with E-state index in [4.69, 9.17) is 9.57 Å². The van der Waals surface area contributed by atoms with Gasteiger partial charge in [-0.2, -0.15) is 4.31 Å². The quantitative estimate of drug-likeness (QED) is 0.481. The number of nitrogens with zero attached hydrogens (tertiary/aromatic N) is 2. The molecule has 2 aromatic rings. The molecule has 2 aliphatic heterocycles. The molecule has 1 saturated heterocycles. The average molecular weight is 496 g/mol. The van der Waals surface area contributed by atoms with Crippen molar-refractivity contribution in [2.45, 2.75) is 56.3 Å². The van der Waals surface area contributed by atoms with Gasteiger partial charge in [0.1, 0.15) is 0 Å². The number of carbonyl (C=O) groups is 1. The van der Waals surface area contributed by atoms with E-state index in [0.29, 0.717) is 23.5 Å². The van der Waals surface area contributed by atoms with E-state index in [2.05, 4.69) is 5.48 Å². The number of ether oxygens (including phenoxy) is 1. The van der Waals surface area contributed by atoms with Crippen LogP contribution < -0.4 is 5.48 Å². The van der Waals surface area contributed by atoms with Crippen LogP contribution in [0.5, 0.6) is 0 Å². The van der Waals surface area contributed by atoms with E-state index >= 15 is 0 Å². The Morgan fingerprint density at radius 3 is 2.79 bits per heavy atom. The number of hydrogen-bond donors (Lipinski definition) is 1. The second-order valence-corrected chi connectivity index (χ2v) is 11.7. The molecule has 4 rings (SSSR count). The minimum Gasteiger partial charge on any atom is -0.350 e. The van der Waals surface area contributed by atoms with Gasteiger partial charge in [-0.15, -0.1) is 11.3 Å². The summed E-state index contributed by atoms with van der Waals surface area (Å²) in [7, 11) is -4.13. The zero-order chi connectivity index (χ0) is 23.8. The second kappa shape index (κ2) is 9.11. The minimum absolute atomic E-state index is 0.0174. The van der Waals surface area contributed by atoms with Crippen molar-refractivity contribution in [3.8, 4) is 0 Å². The van der Waals surface area contributed by atoms with E-state index in [1.807, 2.05) is 13.8 Å². The number of carbonyl (C=O) groups excluding carboxylic acids is 1. The monoisotopic (exact) mass is 495 g/mol. The lowest BCUT2D eigenvalue weighted by Crippen LogP contribution is -2.44. The van der Waals surface area contributed by atoms with Crippen molar-refractivity contribution in [3.63, 3.8) is 0 Å². The first kappa shape index (κ1) is 23.8. The van der Waals surface area contributed by atoms with Crippen molar-refractivity contribution in [2.24, 2.45) is 0 Å². The molecule has 0 spiro atoms. The van der Waals surface area contributed by atoms with Gasteiger partial charge in [-0.05, 0) is 30.5 Å². The average Bonchev–Trinajstić information content (AvgIpc) is 3.23. The molecule has 1 aromatic carbocycles. The van der Waals surface area contributed by atoms with Gasteiger partial charge in [-0.3, -0.25) is 14.9 Å². The number of para-hydroxylation sites is 1. The lowest BCUT2D eigenvalue weighted by molar-refractivity contribution is -0.387. The molecule has 1 N–H and O–H groups in total. The number of nitro groups is 1. The molecule has 0 radical (unpaired) electrons. The van der Waals surface area contributed by atoms with Crippen molar-refractivity contribution >= 4 is 33.0 Å². The third kappa shape index (κ3) is 4.80. The number of amides is 1. The van der Waals surface area contributed by atoms with E-state index < -0.39 is 38.2 Å². The van der Waals surface area contributed by atoms with Crippen LogP contribution in [0.4, 0.5) is 5.69 Å². The normalized spacial score (nSPS) is 20.7. The van der Waals surface area contributed by atoms with E-state index in [-0.39, 0.29) is 18.0 Å². The summed E-state index contributed by atoms with van der Waals surface area (Å²) in [5.74, 6) is -0.424. The topological polar surface area (TPSA) is 128 Å². The molecule has 10 nitrogen and oxygen atoms in total. The number of hydrogen-bond acceptors (Lipinski definition) is 8. The van der Waals surface area contributed by atoms with Gasteiger partial charge in [0.2, 0.25) is 10.0 Å². The number of nitrogens with one attached hydrogen (secondary N) is 1. The highest BCUT2D eigenvalue weighted by molar-refractivity contribution is 7.89. The number of fused-ring (bicyclic) bond motifs is 1. The van der Waals surface area contributed by atoms with Crippen LogP contribution in [0.1, 0.15) is 53.2 Å². The van der Waals surface area contributed by atoms with Gasteiger partial charge in [-0.25, -0.2) is 18.7 Å². The van der Waals surface area contributed by atoms with Crippen LogP contribution in [0.25, 0.3) is 0 Å². The van der Waals surface area contributed by atoms with Crippen LogP contribution in [0, 0.1) is 10.1 Å². The summed E-state index contributed by atoms with van der Waals surface area (Å²) in [4.78, 5) is 29.7. The first-order valence-corrected chi connectivity index (χ1v) is 12.8. The van der Waals surface area contributed by atoms with Gasteiger partial charge in [0.15, 0.2) is 11.2 Å². The molecule has 12 heteroatoms. The van der Waals surface area contributed by atoms with Crippen molar-refractivity contribution in [3.05, 3.63) is 55.8 Å². The number of nitro benzene ring substituents is 1. The summed E-state index contributed by atoms with van der Waals surface area (Å²) in [6.07, 6.45) is 2.15. The number of sulfonamides is 1. The molecule has 33 heavy (non-hydrogen) atoms. The Morgan fingerprint density at radius 2 is 2.09 bits per heavy atom. The molecular formula is C21H25N3O7S2. The molecule has 1 atom stereocenters. The summed E-state index contributed by atoms with van der Waals surface area (Å²) < 4.78 is 33.4. The Morgan fingerprint density at radius 1 is 1.33 bits per heavy atom. The minimum atomic E-state index is -4.13. The molecule has 0 bridgehead atoms. The Bertz CT molecular complexity index is 1170. The molecule has 2 aliphatic rings. The fourth-order valence-electron chi connectivity index (χ4n) is 4.10. The van der Waals surface area contributed by atoms with Crippen molar-refractivity contribution < 1.29 is 27.7 Å². The molecule has 3 heterocycles. The van der Waals surface area contributed by atoms with Crippen LogP contribution in [-0.4, -0.2) is 43.0 Å². The number of hydroxylamine groups is 1. The van der Waals surface area contributed by atoms with Gasteiger partial charge in [0.05, 0.1) is 9.80 Å². The summed E-state index contributed by atoms with van der Waals surface area (Å²) in [5.41, 5.74) is 2.06. The van der Waals surface area contributed by atoms with Crippen molar-refractivity contribution in [1.82, 2.24) is 9.79 Å².